The van der Waals surface area contributed by atoms with Crippen molar-refractivity contribution in [2.45, 2.75) is 30.3 Å². The van der Waals surface area contributed by atoms with Gasteiger partial charge in [0.15, 0.2) is 0 Å². The van der Waals surface area contributed by atoms with Gasteiger partial charge in [-0.05, 0) is 43.5 Å². The van der Waals surface area contributed by atoms with Gasteiger partial charge in [-0.15, -0.1) is 0 Å². The average molecular weight is 424 g/mol. The van der Waals surface area contributed by atoms with Crippen LogP contribution in [0, 0.1) is 12.8 Å². The number of halogens is 3. The third-order valence-electron chi connectivity index (χ3n) is 4.53. The van der Waals surface area contributed by atoms with Gasteiger partial charge >= 0.3 is 5.51 Å². The van der Waals surface area contributed by atoms with Gasteiger partial charge in [0.2, 0.25) is 5.91 Å². The number of aromatic nitrogens is 2. The molecule has 2 aromatic rings. The molecule has 0 bridgehead atoms. The van der Waals surface area contributed by atoms with Crippen molar-refractivity contribution in [1.29, 1.82) is 0 Å². The van der Waals surface area contributed by atoms with Crippen molar-refractivity contribution in [2.24, 2.45) is 5.92 Å². The number of nitrogens with one attached hydrogen (secondary N) is 1. The predicted octanol–water partition coefficient (Wildman–Crippen LogP) is 3.89. The number of rotatable bonds is 4. The second kappa shape index (κ2) is 8.81. The standard InChI is InChI=1S/C19H19F3N4O2S/c1-12-4-5-15(24-11-12)25-16(27)13-6-9-26(10-7-13)18(28)14-3-2-8-23-17(14)29-19(20,21)22/h2-5,8,11,13H,6-7,9-10H2,1H3,(H,24,25,27). The number of alkyl halides is 3. The van der Waals surface area contributed by atoms with Gasteiger partial charge in [-0.2, -0.15) is 13.2 Å². The Labute approximate surface area is 169 Å². The molecule has 0 unspecified atom stereocenters. The summed E-state index contributed by atoms with van der Waals surface area (Å²) in [5, 5.41) is 2.39. The quantitative estimate of drug-likeness (QED) is 0.754. The fourth-order valence-corrected chi connectivity index (χ4v) is 3.63. The van der Waals surface area contributed by atoms with Gasteiger partial charge < -0.3 is 10.2 Å². The Morgan fingerprint density at radius 3 is 2.52 bits per heavy atom. The Balaban J connectivity index is 1.60. The van der Waals surface area contributed by atoms with Crippen LogP contribution in [0.1, 0.15) is 28.8 Å². The highest BCUT2D eigenvalue weighted by atomic mass is 32.2. The highest BCUT2D eigenvalue weighted by Gasteiger charge is 2.34. The second-order valence-corrected chi connectivity index (χ2v) is 7.73. The number of hydrogen-bond acceptors (Lipinski definition) is 5. The molecule has 0 atom stereocenters. The number of likely N-dealkylation sites (tertiary alicyclic amines) is 1. The number of carbonyl (C=O) groups excluding carboxylic acids is 2. The van der Waals surface area contributed by atoms with Crippen LogP contribution in [-0.2, 0) is 4.79 Å². The first-order valence-electron chi connectivity index (χ1n) is 8.96. The summed E-state index contributed by atoms with van der Waals surface area (Å²) in [6.45, 7) is 2.46. The minimum atomic E-state index is -4.53. The van der Waals surface area contributed by atoms with Crippen LogP contribution in [0.25, 0.3) is 0 Å². The lowest BCUT2D eigenvalue weighted by Crippen LogP contribution is -2.41. The molecular weight excluding hydrogens is 405 g/mol. The second-order valence-electron chi connectivity index (χ2n) is 6.68. The summed E-state index contributed by atoms with van der Waals surface area (Å²) in [4.78, 5) is 34.4. The number of aryl methyl sites for hydroxylation is 1. The van der Waals surface area contributed by atoms with Gasteiger partial charge in [-0.3, -0.25) is 9.59 Å². The van der Waals surface area contributed by atoms with E-state index in [1.165, 1.54) is 23.2 Å². The van der Waals surface area contributed by atoms with E-state index in [-0.39, 0.29) is 35.5 Å². The highest BCUT2D eigenvalue weighted by Crippen LogP contribution is 2.37. The van der Waals surface area contributed by atoms with Crippen LogP contribution in [-0.4, -0.2) is 45.3 Å². The first kappa shape index (κ1) is 21.1. The number of hydrogen-bond donors (Lipinski definition) is 1. The molecule has 1 saturated heterocycles. The van der Waals surface area contributed by atoms with E-state index in [0.717, 1.165) is 5.56 Å². The number of nitrogens with zero attached hydrogens (tertiary/aromatic N) is 3. The normalized spacial score (nSPS) is 15.2. The molecule has 0 aliphatic carbocycles. The minimum absolute atomic E-state index is 0.0819. The summed E-state index contributed by atoms with van der Waals surface area (Å²) in [6.07, 6.45) is 3.72. The molecule has 1 aliphatic rings. The lowest BCUT2D eigenvalue weighted by atomic mass is 9.95. The molecule has 0 saturated carbocycles. The molecule has 0 radical (unpaired) electrons. The lowest BCUT2D eigenvalue weighted by molar-refractivity contribution is -0.121. The van der Waals surface area contributed by atoms with Crippen LogP contribution in [0.5, 0.6) is 0 Å². The van der Waals surface area contributed by atoms with Crippen LogP contribution < -0.4 is 5.32 Å². The maximum Gasteiger partial charge on any atom is 0.447 e. The number of amides is 2. The fraction of sp³-hybridized carbons (Fsp3) is 0.368. The van der Waals surface area contributed by atoms with E-state index < -0.39 is 23.2 Å². The number of thioether (sulfide) groups is 1. The molecule has 154 valence electrons. The number of anilines is 1. The summed E-state index contributed by atoms with van der Waals surface area (Å²) in [5.74, 6) is -0.518. The zero-order valence-electron chi connectivity index (χ0n) is 15.6. The van der Waals surface area contributed by atoms with E-state index in [1.807, 2.05) is 13.0 Å². The first-order valence-corrected chi connectivity index (χ1v) is 9.78. The molecule has 29 heavy (non-hydrogen) atoms. The van der Waals surface area contributed by atoms with Gasteiger partial charge in [-0.25, -0.2) is 9.97 Å². The fourth-order valence-electron chi connectivity index (χ4n) is 3.03. The zero-order chi connectivity index (χ0) is 21.0. The molecule has 3 heterocycles. The smallest absolute Gasteiger partial charge is 0.339 e. The Morgan fingerprint density at radius 2 is 1.90 bits per heavy atom. The molecule has 10 heteroatoms. The number of pyridine rings is 2. The minimum Gasteiger partial charge on any atom is -0.339 e. The Hall–Kier alpha value is -2.62. The number of carbonyl (C=O) groups is 2. The van der Waals surface area contributed by atoms with E-state index in [4.69, 9.17) is 0 Å². The van der Waals surface area contributed by atoms with E-state index in [0.29, 0.717) is 18.7 Å². The van der Waals surface area contributed by atoms with E-state index >= 15 is 0 Å². The van der Waals surface area contributed by atoms with E-state index in [9.17, 15) is 22.8 Å². The van der Waals surface area contributed by atoms with Crippen molar-refractivity contribution in [3.63, 3.8) is 0 Å². The molecule has 1 fully saturated rings. The van der Waals surface area contributed by atoms with Crippen molar-refractivity contribution >= 4 is 29.4 Å². The van der Waals surface area contributed by atoms with Crippen molar-refractivity contribution in [3.05, 3.63) is 47.8 Å². The number of piperidine rings is 1. The third kappa shape index (κ3) is 5.69. The van der Waals surface area contributed by atoms with Gasteiger partial charge in [0.05, 0.1) is 5.56 Å². The SMILES string of the molecule is Cc1ccc(NC(=O)C2CCN(C(=O)c3cccnc3SC(F)(F)F)CC2)nc1. The zero-order valence-corrected chi connectivity index (χ0v) is 16.4. The van der Waals surface area contributed by atoms with Gasteiger partial charge in [0, 0.05) is 43.2 Å². The van der Waals surface area contributed by atoms with Crippen molar-refractivity contribution in [2.75, 3.05) is 18.4 Å². The molecule has 0 aromatic carbocycles. The topological polar surface area (TPSA) is 75.2 Å². The summed E-state index contributed by atoms with van der Waals surface area (Å²) in [6, 6.07) is 6.33. The van der Waals surface area contributed by atoms with Crippen molar-refractivity contribution in [3.8, 4) is 0 Å². The Kier molecular flexibility index (Phi) is 6.41. The largest absolute Gasteiger partial charge is 0.447 e. The van der Waals surface area contributed by atoms with Crippen LogP contribution >= 0.6 is 11.8 Å². The summed E-state index contributed by atoms with van der Waals surface area (Å²) in [7, 11) is 0. The van der Waals surface area contributed by atoms with Gasteiger partial charge in [0.25, 0.3) is 5.91 Å². The molecule has 2 aromatic heterocycles. The average Bonchev–Trinajstić information content (AvgIpc) is 2.68. The molecule has 2 amide bonds. The van der Waals surface area contributed by atoms with E-state index in [2.05, 4.69) is 15.3 Å². The van der Waals surface area contributed by atoms with Crippen LogP contribution in [0.15, 0.2) is 41.7 Å². The maximum atomic E-state index is 12.7. The predicted molar refractivity (Wildman–Crippen MR) is 102 cm³/mol. The lowest BCUT2D eigenvalue weighted by Gasteiger charge is -2.31. The van der Waals surface area contributed by atoms with Crippen molar-refractivity contribution < 1.29 is 22.8 Å². The summed E-state index contributed by atoms with van der Waals surface area (Å²) < 4.78 is 38.1. The van der Waals surface area contributed by atoms with Crippen LogP contribution in [0.3, 0.4) is 0 Å². The Bertz CT molecular complexity index is 882. The molecule has 6 nitrogen and oxygen atoms in total. The monoisotopic (exact) mass is 424 g/mol. The van der Waals surface area contributed by atoms with Crippen LogP contribution in [0.2, 0.25) is 0 Å². The summed E-state index contributed by atoms with van der Waals surface area (Å²) in [5.41, 5.74) is -3.63. The molecule has 0 spiro atoms. The molecular formula is C19H19F3N4O2S. The molecule has 3 rings (SSSR count). The molecule has 1 aliphatic heterocycles. The first-order chi connectivity index (χ1) is 13.7. The van der Waals surface area contributed by atoms with Gasteiger partial charge in [0.1, 0.15) is 10.8 Å². The highest BCUT2D eigenvalue weighted by molar-refractivity contribution is 8.00. The van der Waals surface area contributed by atoms with Crippen molar-refractivity contribution in [1.82, 2.24) is 14.9 Å². The maximum absolute atomic E-state index is 12.7. The third-order valence-corrected chi connectivity index (χ3v) is 5.28. The van der Waals surface area contributed by atoms with E-state index in [1.54, 1.807) is 12.3 Å². The molecule has 1 N–H and O–H groups in total. The van der Waals surface area contributed by atoms with Gasteiger partial charge in [-0.1, -0.05) is 6.07 Å². The van der Waals surface area contributed by atoms with Crippen LogP contribution in [0.4, 0.5) is 19.0 Å². The Morgan fingerprint density at radius 1 is 1.17 bits per heavy atom. The summed E-state index contributed by atoms with van der Waals surface area (Å²) >= 11 is -0.402.